The fourth-order valence-electron chi connectivity index (χ4n) is 2.75. The number of rotatable bonds is 7. The number of carbonyl (C=O) groups excluding carboxylic acids is 1. The van der Waals surface area contributed by atoms with E-state index in [1.54, 1.807) is 35.3 Å². The van der Waals surface area contributed by atoms with Crippen molar-refractivity contribution in [2.45, 2.75) is 6.54 Å². The van der Waals surface area contributed by atoms with Gasteiger partial charge >= 0.3 is 0 Å². The highest BCUT2D eigenvalue weighted by Crippen LogP contribution is 2.30. The Balaban J connectivity index is 1.51. The van der Waals surface area contributed by atoms with Crippen LogP contribution in [0.2, 0.25) is 5.02 Å². The summed E-state index contributed by atoms with van der Waals surface area (Å²) in [6, 6.07) is 9.15. The van der Waals surface area contributed by atoms with Gasteiger partial charge in [0.2, 0.25) is 0 Å². The van der Waals surface area contributed by atoms with Crippen molar-refractivity contribution in [2.75, 3.05) is 5.32 Å². The zero-order valence-corrected chi connectivity index (χ0v) is 17.3. The lowest BCUT2D eigenvalue weighted by Crippen LogP contribution is -2.10. The number of aromatic nitrogens is 3. The van der Waals surface area contributed by atoms with Crippen molar-refractivity contribution >= 4 is 40.2 Å². The number of benzene rings is 1. The molecule has 0 aliphatic rings. The third-order valence-electron chi connectivity index (χ3n) is 4.05. The van der Waals surface area contributed by atoms with Gasteiger partial charge in [0, 0.05) is 24.5 Å². The lowest BCUT2D eigenvalue weighted by Gasteiger charge is -2.08. The molecule has 9 nitrogen and oxygen atoms in total. The molecule has 0 atom stereocenters. The van der Waals surface area contributed by atoms with Gasteiger partial charge in [-0.05, 0) is 29.1 Å². The highest BCUT2D eigenvalue weighted by molar-refractivity contribution is 7.12. The summed E-state index contributed by atoms with van der Waals surface area (Å²) in [5.74, 6) is 0.240. The van der Waals surface area contributed by atoms with Gasteiger partial charge in [0.05, 0.1) is 45.5 Å². The van der Waals surface area contributed by atoms with Crippen LogP contribution >= 0.6 is 22.9 Å². The van der Waals surface area contributed by atoms with Crippen LogP contribution in [0.3, 0.4) is 0 Å². The van der Waals surface area contributed by atoms with E-state index in [1.165, 1.54) is 41.9 Å². The first kappa shape index (κ1) is 20.5. The first-order chi connectivity index (χ1) is 15.0. The number of halogens is 1. The third-order valence-corrected chi connectivity index (χ3v) is 5.23. The van der Waals surface area contributed by atoms with Gasteiger partial charge in [-0.2, -0.15) is 5.10 Å². The second-order valence-corrected chi connectivity index (χ2v) is 7.74. The van der Waals surface area contributed by atoms with Crippen LogP contribution < -0.4 is 10.1 Å². The van der Waals surface area contributed by atoms with E-state index in [0.717, 1.165) is 5.56 Å². The van der Waals surface area contributed by atoms with Crippen LogP contribution in [0.25, 0.3) is 0 Å². The predicted molar refractivity (Wildman–Crippen MR) is 116 cm³/mol. The van der Waals surface area contributed by atoms with Gasteiger partial charge in [0.15, 0.2) is 0 Å². The molecule has 0 fully saturated rings. The molecule has 11 heteroatoms. The van der Waals surface area contributed by atoms with Crippen LogP contribution in [0.1, 0.15) is 15.2 Å². The number of pyridine rings is 1. The summed E-state index contributed by atoms with van der Waals surface area (Å²) in [6.45, 7) is 0.469. The Labute approximate surface area is 185 Å². The molecule has 0 saturated carbocycles. The average molecular weight is 456 g/mol. The van der Waals surface area contributed by atoms with Gasteiger partial charge in [-0.15, -0.1) is 11.3 Å². The molecule has 3 aromatic heterocycles. The topological polar surface area (TPSA) is 112 Å². The molecule has 4 rings (SSSR count). The number of carbonyl (C=O) groups is 1. The normalized spacial score (nSPS) is 10.6. The van der Waals surface area contributed by atoms with Crippen molar-refractivity contribution in [3.63, 3.8) is 0 Å². The van der Waals surface area contributed by atoms with Gasteiger partial charge in [0.25, 0.3) is 11.6 Å². The van der Waals surface area contributed by atoms with Crippen LogP contribution in [0.5, 0.6) is 11.5 Å². The third kappa shape index (κ3) is 5.24. The van der Waals surface area contributed by atoms with E-state index in [0.29, 0.717) is 22.2 Å². The molecule has 1 aromatic carbocycles. The molecule has 0 aliphatic carbocycles. The lowest BCUT2D eigenvalue weighted by molar-refractivity contribution is -0.384. The van der Waals surface area contributed by atoms with Gasteiger partial charge in [-0.3, -0.25) is 24.6 Å². The first-order valence-corrected chi connectivity index (χ1v) is 10.2. The minimum absolute atomic E-state index is 0.208. The number of anilines is 1. The average Bonchev–Trinajstić information content (AvgIpc) is 3.38. The van der Waals surface area contributed by atoms with Crippen LogP contribution in [-0.4, -0.2) is 25.6 Å². The summed E-state index contributed by atoms with van der Waals surface area (Å²) in [6.07, 6.45) is 6.29. The summed E-state index contributed by atoms with van der Waals surface area (Å²) in [4.78, 5) is 27.8. The fraction of sp³-hybridized carbons (Fsp3) is 0.0500. The van der Waals surface area contributed by atoms with Crippen LogP contribution in [0.15, 0.2) is 66.6 Å². The van der Waals surface area contributed by atoms with Crippen LogP contribution in [0.4, 0.5) is 11.4 Å². The van der Waals surface area contributed by atoms with Crippen molar-refractivity contribution < 1.29 is 14.5 Å². The number of nitrogens with one attached hydrogen (secondary N) is 1. The number of hydrogen-bond donors (Lipinski definition) is 1. The molecular formula is C20H14ClN5O4S. The van der Waals surface area contributed by atoms with E-state index < -0.39 is 4.92 Å². The number of thiophene rings is 1. The maximum Gasteiger partial charge on any atom is 0.275 e. The van der Waals surface area contributed by atoms with Crippen LogP contribution in [0, 0.1) is 10.1 Å². The SMILES string of the molecule is O=C(Nc1cc(Oc2cccnc2)cc([N+](=O)[O-])c1)c1cc(Cn2cc(Cl)cn2)cs1. The van der Waals surface area contributed by atoms with Crippen molar-refractivity contribution in [2.24, 2.45) is 0 Å². The summed E-state index contributed by atoms with van der Waals surface area (Å²) >= 11 is 7.13. The number of non-ortho nitro benzene ring substituents is 1. The Bertz CT molecular complexity index is 1240. The zero-order valence-electron chi connectivity index (χ0n) is 15.8. The van der Waals surface area contributed by atoms with Gasteiger partial charge in [-0.1, -0.05) is 11.6 Å². The fourth-order valence-corrected chi connectivity index (χ4v) is 3.70. The highest BCUT2D eigenvalue weighted by atomic mass is 35.5. The van der Waals surface area contributed by atoms with Crippen molar-refractivity contribution in [1.29, 1.82) is 0 Å². The summed E-state index contributed by atoms with van der Waals surface area (Å²) in [5, 5.41) is 20.5. The lowest BCUT2D eigenvalue weighted by atomic mass is 10.2. The molecular weight excluding hydrogens is 442 g/mol. The molecule has 0 spiro atoms. The molecule has 156 valence electrons. The minimum atomic E-state index is -0.551. The summed E-state index contributed by atoms with van der Waals surface area (Å²) < 4.78 is 7.29. The molecule has 0 unspecified atom stereocenters. The number of nitro groups is 1. The number of nitro benzene ring substituents is 1. The van der Waals surface area contributed by atoms with E-state index in [1.807, 2.05) is 5.38 Å². The number of amides is 1. The molecule has 1 N–H and O–H groups in total. The van der Waals surface area contributed by atoms with Crippen molar-refractivity contribution in [3.8, 4) is 11.5 Å². The van der Waals surface area contributed by atoms with E-state index in [2.05, 4.69) is 15.4 Å². The van der Waals surface area contributed by atoms with Gasteiger partial charge in [0.1, 0.15) is 11.5 Å². The predicted octanol–water partition coefficient (Wildman–Crippen LogP) is 4.99. The van der Waals surface area contributed by atoms with E-state index in [4.69, 9.17) is 16.3 Å². The van der Waals surface area contributed by atoms with Crippen molar-refractivity contribution in [1.82, 2.24) is 14.8 Å². The smallest absolute Gasteiger partial charge is 0.275 e. The Morgan fingerprint density at radius 3 is 2.84 bits per heavy atom. The second-order valence-electron chi connectivity index (χ2n) is 6.39. The largest absolute Gasteiger partial charge is 0.455 e. The number of nitrogens with zero attached hydrogens (tertiary/aromatic N) is 4. The zero-order chi connectivity index (χ0) is 21.8. The van der Waals surface area contributed by atoms with Crippen molar-refractivity contribution in [3.05, 3.63) is 92.1 Å². The second kappa shape index (κ2) is 8.94. The van der Waals surface area contributed by atoms with Crippen LogP contribution in [-0.2, 0) is 6.54 Å². The highest BCUT2D eigenvalue weighted by Gasteiger charge is 2.15. The number of ether oxygens (including phenoxy) is 1. The van der Waals surface area contributed by atoms with E-state index in [9.17, 15) is 14.9 Å². The molecule has 0 aliphatic heterocycles. The Morgan fingerprint density at radius 2 is 2.13 bits per heavy atom. The quantitative estimate of drug-likeness (QED) is 0.310. The standard InChI is InChI=1S/C20H14ClN5O4S/c21-14-8-23-25(11-14)10-13-4-19(31-12-13)20(27)24-15-5-16(26(28)29)7-18(6-15)30-17-2-1-3-22-9-17/h1-9,11-12H,10H2,(H,24,27). The molecule has 0 saturated heterocycles. The summed E-state index contributed by atoms with van der Waals surface area (Å²) in [7, 11) is 0. The van der Waals surface area contributed by atoms with Gasteiger partial charge < -0.3 is 10.1 Å². The maximum atomic E-state index is 12.7. The molecule has 4 aromatic rings. The minimum Gasteiger partial charge on any atom is -0.455 e. The molecule has 0 bridgehead atoms. The Morgan fingerprint density at radius 1 is 1.26 bits per heavy atom. The van der Waals surface area contributed by atoms with E-state index in [-0.39, 0.29) is 23.0 Å². The molecule has 3 heterocycles. The first-order valence-electron chi connectivity index (χ1n) is 8.90. The molecule has 1 amide bonds. The Kier molecular flexibility index (Phi) is 5.92. The molecule has 31 heavy (non-hydrogen) atoms. The maximum absolute atomic E-state index is 12.7. The molecule has 0 radical (unpaired) electrons. The number of hydrogen-bond acceptors (Lipinski definition) is 7. The Hall–Kier alpha value is -3.76. The summed E-state index contributed by atoms with van der Waals surface area (Å²) in [5.41, 5.74) is 0.917. The van der Waals surface area contributed by atoms with E-state index >= 15 is 0 Å². The monoisotopic (exact) mass is 455 g/mol. The van der Waals surface area contributed by atoms with Gasteiger partial charge in [-0.25, -0.2) is 0 Å².